The third-order valence-corrected chi connectivity index (χ3v) is 3.62. The molecular formula is C20H19F3N2O3. The number of amides is 2. The van der Waals surface area contributed by atoms with Crippen LogP contribution in [0.1, 0.15) is 11.1 Å². The van der Waals surface area contributed by atoms with Crippen molar-refractivity contribution in [2.45, 2.75) is 6.18 Å². The van der Waals surface area contributed by atoms with E-state index in [0.717, 1.165) is 18.2 Å². The summed E-state index contributed by atoms with van der Waals surface area (Å²) in [6.07, 6.45) is -1.99. The molecule has 2 rings (SSSR count). The normalized spacial score (nSPS) is 11.3. The minimum absolute atomic E-state index is 0.0988. The van der Waals surface area contributed by atoms with Crippen LogP contribution < -0.4 is 10.1 Å². The summed E-state index contributed by atoms with van der Waals surface area (Å²) in [6.45, 7) is -0.0988. The molecule has 0 unspecified atom stereocenters. The molecule has 0 atom stereocenters. The molecule has 0 spiro atoms. The number of ether oxygens (including phenoxy) is 1. The summed E-state index contributed by atoms with van der Waals surface area (Å²) in [4.78, 5) is 24.8. The Morgan fingerprint density at radius 2 is 1.79 bits per heavy atom. The topological polar surface area (TPSA) is 58.6 Å². The molecule has 1 N–H and O–H groups in total. The Labute approximate surface area is 160 Å². The lowest BCUT2D eigenvalue weighted by molar-refractivity contribution is -0.137. The zero-order valence-corrected chi connectivity index (χ0v) is 15.3. The van der Waals surface area contributed by atoms with Crippen molar-refractivity contribution in [1.29, 1.82) is 0 Å². The van der Waals surface area contributed by atoms with Crippen molar-refractivity contribution in [3.05, 3.63) is 65.7 Å². The third kappa shape index (κ3) is 6.46. The van der Waals surface area contributed by atoms with E-state index < -0.39 is 17.6 Å². The molecule has 28 heavy (non-hydrogen) atoms. The van der Waals surface area contributed by atoms with E-state index in [1.807, 2.05) is 0 Å². The van der Waals surface area contributed by atoms with Crippen LogP contribution in [0.5, 0.6) is 5.75 Å². The average Bonchev–Trinajstić information content (AvgIpc) is 2.65. The summed E-state index contributed by atoms with van der Waals surface area (Å²) >= 11 is 0. The summed E-state index contributed by atoms with van der Waals surface area (Å²) in [6, 6.07) is 11.0. The van der Waals surface area contributed by atoms with E-state index >= 15 is 0 Å². The first-order chi connectivity index (χ1) is 13.1. The zero-order chi connectivity index (χ0) is 20.7. The molecule has 0 aliphatic rings. The van der Waals surface area contributed by atoms with Gasteiger partial charge in [-0.2, -0.15) is 13.2 Å². The van der Waals surface area contributed by atoms with Crippen molar-refractivity contribution in [1.82, 2.24) is 4.90 Å². The Balaban J connectivity index is 1.92. The SMILES string of the molecule is CN(C)C(=O)COc1ccc(NC(=O)/C=C/c2cccc(C(F)(F)F)c2)cc1. The molecule has 148 valence electrons. The highest BCUT2D eigenvalue weighted by molar-refractivity contribution is 6.01. The standard InChI is InChI=1S/C20H19F3N2O3/c1-25(2)19(27)13-28-17-9-7-16(8-10-17)24-18(26)11-6-14-4-3-5-15(12-14)20(21,22)23/h3-12H,13H2,1-2H3,(H,24,26)/b11-6+. The number of hydrogen-bond acceptors (Lipinski definition) is 3. The molecule has 2 aromatic rings. The number of alkyl halides is 3. The number of rotatable bonds is 6. The summed E-state index contributed by atoms with van der Waals surface area (Å²) in [5.41, 5.74) is -0.0392. The van der Waals surface area contributed by atoms with Gasteiger partial charge in [0.25, 0.3) is 5.91 Å². The van der Waals surface area contributed by atoms with Crippen molar-refractivity contribution < 1.29 is 27.5 Å². The maximum absolute atomic E-state index is 12.7. The fraction of sp³-hybridized carbons (Fsp3) is 0.200. The Morgan fingerprint density at radius 1 is 1.11 bits per heavy atom. The van der Waals surface area contributed by atoms with Crippen molar-refractivity contribution >= 4 is 23.6 Å². The first kappa shape index (κ1) is 21.0. The van der Waals surface area contributed by atoms with Crippen molar-refractivity contribution in [3.63, 3.8) is 0 Å². The molecule has 0 heterocycles. The van der Waals surface area contributed by atoms with Crippen LogP contribution in [0.3, 0.4) is 0 Å². The molecule has 0 aromatic heterocycles. The number of benzene rings is 2. The van der Waals surface area contributed by atoms with Gasteiger partial charge >= 0.3 is 6.18 Å². The predicted octanol–water partition coefficient (Wildman–Crippen LogP) is 3.82. The summed E-state index contributed by atoms with van der Waals surface area (Å²) in [5, 5.41) is 2.59. The molecule has 0 aliphatic heterocycles. The summed E-state index contributed by atoms with van der Waals surface area (Å²) < 4.78 is 43.4. The maximum atomic E-state index is 12.7. The van der Waals surface area contributed by atoms with Crippen molar-refractivity contribution in [2.24, 2.45) is 0 Å². The number of carbonyl (C=O) groups excluding carboxylic acids is 2. The Bertz CT molecular complexity index is 860. The first-order valence-corrected chi connectivity index (χ1v) is 8.24. The van der Waals surface area contributed by atoms with Crippen LogP contribution in [0.15, 0.2) is 54.6 Å². The smallest absolute Gasteiger partial charge is 0.416 e. The molecule has 0 bridgehead atoms. The van der Waals surface area contributed by atoms with Crippen LogP contribution in [0.2, 0.25) is 0 Å². The summed E-state index contributed by atoms with van der Waals surface area (Å²) in [7, 11) is 3.24. The lowest BCUT2D eigenvalue weighted by Gasteiger charge is -2.11. The van der Waals surface area contributed by atoms with E-state index in [4.69, 9.17) is 4.74 Å². The molecule has 2 amide bonds. The quantitative estimate of drug-likeness (QED) is 0.761. The Hall–Kier alpha value is -3.29. The molecular weight excluding hydrogens is 373 g/mol. The van der Waals surface area contributed by atoms with Crippen LogP contribution in [0, 0.1) is 0 Å². The number of nitrogens with one attached hydrogen (secondary N) is 1. The molecule has 8 heteroatoms. The lowest BCUT2D eigenvalue weighted by Crippen LogP contribution is -2.27. The van der Waals surface area contributed by atoms with E-state index in [1.54, 1.807) is 38.4 Å². The van der Waals surface area contributed by atoms with E-state index in [-0.39, 0.29) is 18.1 Å². The van der Waals surface area contributed by atoms with Crippen LogP contribution in [0.25, 0.3) is 6.08 Å². The first-order valence-electron chi connectivity index (χ1n) is 8.24. The van der Waals surface area contributed by atoms with Crippen LogP contribution >= 0.6 is 0 Å². The second kappa shape index (κ2) is 9.07. The lowest BCUT2D eigenvalue weighted by atomic mass is 10.1. The van der Waals surface area contributed by atoms with E-state index in [2.05, 4.69) is 5.32 Å². The highest BCUT2D eigenvalue weighted by atomic mass is 19.4. The molecule has 5 nitrogen and oxygen atoms in total. The minimum Gasteiger partial charge on any atom is -0.484 e. The van der Waals surface area contributed by atoms with Crippen molar-refractivity contribution in [3.8, 4) is 5.75 Å². The van der Waals surface area contributed by atoms with Gasteiger partial charge in [0, 0.05) is 25.9 Å². The highest BCUT2D eigenvalue weighted by Gasteiger charge is 2.30. The van der Waals surface area contributed by atoms with Gasteiger partial charge in [0.05, 0.1) is 5.56 Å². The van der Waals surface area contributed by atoms with E-state index in [1.165, 1.54) is 23.1 Å². The molecule has 0 saturated heterocycles. The van der Waals surface area contributed by atoms with Crippen LogP contribution in [-0.2, 0) is 15.8 Å². The van der Waals surface area contributed by atoms with Gasteiger partial charge in [-0.3, -0.25) is 9.59 Å². The maximum Gasteiger partial charge on any atom is 0.416 e. The fourth-order valence-electron chi connectivity index (χ4n) is 2.08. The van der Waals surface area contributed by atoms with Gasteiger partial charge in [0.2, 0.25) is 5.91 Å². The summed E-state index contributed by atoms with van der Waals surface area (Å²) in [5.74, 6) is -0.210. The van der Waals surface area contributed by atoms with Gasteiger partial charge < -0.3 is 15.0 Å². The van der Waals surface area contributed by atoms with Gasteiger partial charge in [-0.05, 0) is 48.0 Å². The molecule has 0 aliphatic carbocycles. The van der Waals surface area contributed by atoms with Crippen LogP contribution in [-0.4, -0.2) is 37.4 Å². The average molecular weight is 392 g/mol. The largest absolute Gasteiger partial charge is 0.484 e. The second-order valence-electron chi connectivity index (χ2n) is 6.05. The molecule has 0 fully saturated rings. The van der Waals surface area contributed by atoms with Gasteiger partial charge in [-0.1, -0.05) is 12.1 Å². The van der Waals surface area contributed by atoms with Gasteiger partial charge in [0.15, 0.2) is 6.61 Å². The number of carbonyl (C=O) groups is 2. The van der Waals surface area contributed by atoms with Crippen molar-refractivity contribution in [2.75, 3.05) is 26.0 Å². The number of anilines is 1. The molecule has 2 aromatic carbocycles. The molecule has 0 saturated carbocycles. The van der Waals surface area contributed by atoms with E-state index in [0.29, 0.717) is 11.4 Å². The molecule has 0 radical (unpaired) electrons. The minimum atomic E-state index is -4.44. The number of halogens is 3. The van der Waals surface area contributed by atoms with Gasteiger partial charge in [0.1, 0.15) is 5.75 Å². The number of hydrogen-bond donors (Lipinski definition) is 1. The zero-order valence-electron chi connectivity index (χ0n) is 15.3. The van der Waals surface area contributed by atoms with Crippen LogP contribution in [0.4, 0.5) is 18.9 Å². The third-order valence-electron chi connectivity index (χ3n) is 3.62. The Morgan fingerprint density at radius 3 is 2.39 bits per heavy atom. The van der Waals surface area contributed by atoms with Gasteiger partial charge in [-0.25, -0.2) is 0 Å². The monoisotopic (exact) mass is 392 g/mol. The van der Waals surface area contributed by atoms with Gasteiger partial charge in [-0.15, -0.1) is 0 Å². The number of nitrogens with zero attached hydrogens (tertiary/aromatic N) is 1. The Kier molecular flexibility index (Phi) is 6.81. The number of likely N-dealkylation sites (N-methyl/N-ethyl adjacent to an activating group) is 1. The second-order valence-corrected chi connectivity index (χ2v) is 6.05. The van der Waals surface area contributed by atoms with E-state index in [9.17, 15) is 22.8 Å². The fourth-order valence-corrected chi connectivity index (χ4v) is 2.08. The highest BCUT2D eigenvalue weighted by Crippen LogP contribution is 2.29. The predicted molar refractivity (Wildman–Crippen MR) is 99.7 cm³/mol.